The van der Waals surface area contributed by atoms with E-state index in [0.717, 1.165) is 22.9 Å². The third kappa shape index (κ3) is 4.26. The quantitative estimate of drug-likeness (QED) is 0.815. The summed E-state index contributed by atoms with van der Waals surface area (Å²) in [6, 6.07) is 7.43. The second-order valence-electron chi connectivity index (χ2n) is 6.44. The first-order chi connectivity index (χ1) is 10.9. The summed E-state index contributed by atoms with van der Waals surface area (Å²) in [5.74, 6) is 0.665. The lowest BCUT2D eigenvalue weighted by Crippen LogP contribution is -2.46. The summed E-state index contributed by atoms with van der Waals surface area (Å²) in [6.07, 6.45) is 3.92. The van der Waals surface area contributed by atoms with Crippen molar-refractivity contribution in [1.29, 1.82) is 0 Å². The highest BCUT2D eigenvalue weighted by Gasteiger charge is 2.32. The first kappa shape index (κ1) is 16.8. The Morgan fingerprint density at radius 2 is 1.87 bits per heavy atom. The zero-order valence-corrected chi connectivity index (χ0v) is 15.2. The molecule has 0 aromatic heterocycles. The summed E-state index contributed by atoms with van der Waals surface area (Å²) >= 11 is 3.43. The molecule has 1 saturated heterocycles. The van der Waals surface area contributed by atoms with E-state index in [-0.39, 0.29) is 29.6 Å². The van der Waals surface area contributed by atoms with Gasteiger partial charge in [-0.1, -0.05) is 34.5 Å². The smallest absolute Gasteiger partial charge is 0.315 e. The van der Waals surface area contributed by atoms with Gasteiger partial charge in [0.05, 0.1) is 17.5 Å². The van der Waals surface area contributed by atoms with Crippen LogP contribution in [0.3, 0.4) is 0 Å². The highest BCUT2D eigenvalue weighted by molar-refractivity contribution is 9.10. The van der Waals surface area contributed by atoms with Crippen LogP contribution < -0.4 is 10.6 Å². The topological polar surface area (TPSA) is 75.3 Å². The zero-order chi connectivity index (χ0) is 16.4. The van der Waals surface area contributed by atoms with E-state index in [9.17, 15) is 13.2 Å². The van der Waals surface area contributed by atoms with Gasteiger partial charge >= 0.3 is 6.03 Å². The maximum absolute atomic E-state index is 12.3. The van der Waals surface area contributed by atoms with Gasteiger partial charge in [0.15, 0.2) is 9.84 Å². The van der Waals surface area contributed by atoms with Crippen molar-refractivity contribution in [3.05, 3.63) is 34.3 Å². The predicted octanol–water partition coefficient (Wildman–Crippen LogP) is 2.78. The number of sulfone groups is 1. The number of rotatable bonds is 4. The standard InChI is InChI=1S/C16H21BrN2O3S/c17-13-6-4-12(5-7-13)15(11-2-1-3-11)19-16(20)18-14-8-9-23(21,22)10-14/h4-7,11,14-15H,1-3,8-10H2,(H2,18,19,20)/t14-,15-/m0/s1. The van der Waals surface area contributed by atoms with Gasteiger partial charge in [0, 0.05) is 10.5 Å². The highest BCUT2D eigenvalue weighted by atomic mass is 79.9. The molecule has 1 heterocycles. The van der Waals surface area contributed by atoms with E-state index in [4.69, 9.17) is 0 Å². The molecule has 2 aliphatic rings. The summed E-state index contributed by atoms with van der Waals surface area (Å²) in [5.41, 5.74) is 1.09. The Morgan fingerprint density at radius 3 is 2.39 bits per heavy atom. The lowest BCUT2D eigenvalue weighted by Gasteiger charge is -2.35. The van der Waals surface area contributed by atoms with Gasteiger partial charge in [-0.25, -0.2) is 13.2 Å². The van der Waals surface area contributed by atoms with Crippen LogP contribution in [0.25, 0.3) is 0 Å². The molecule has 0 unspecified atom stereocenters. The number of hydrogen-bond acceptors (Lipinski definition) is 3. The van der Waals surface area contributed by atoms with Gasteiger partial charge in [0.1, 0.15) is 0 Å². The molecule has 2 fully saturated rings. The van der Waals surface area contributed by atoms with Crippen molar-refractivity contribution in [3.8, 4) is 0 Å². The van der Waals surface area contributed by atoms with Crippen molar-refractivity contribution in [3.63, 3.8) is 0 Å². The molecule has 5 nitrogen and oxygen atoms in total. The van der Waals surface area contributed by atoms with Crippen molar-refractivity contribution in [2.24, 2.45) is 5.92 Å². The number of amides is 2. The van der Waals surface area contributed by atoms with Crippen LogP contribution in [0.1, 0.15) is 37.3 Å². The summed E-state index contributed by atoms with van der Waals surface area (Å²) in [6.45, 7) is 0. The minimum atomic E-state index is -2.98. The minimum absolute atomic E-state index is 0.0186. The number of carbonyl (C=O) groups is 1. The molecule has 126 valence electrons. The maximum atomic E-state index is 12.3. The first-order valence-corrected chi connectivity index (χ1v) is 10.6. The van der Waals surface area contributed by atoms with Crippen molar-refractivity contribution < 1.29 is 13.2 Å². The van der Waals surface area contributed by atoms with Gasteiger partial charge in [0.2, 0.25) is 0 Å². The zero-order valence-electron chi connectivity index (χ0n) is 12.8. The monoisotopic (exact) mass is 400 g/mol. The molecule has 1 aliphatic carbocycles. The fraction of sp³-hybridized carbons (Fsp3) is 0.562. The summed E-state index contributed by atoms with van der Waals surface area (Å²) in [7, 11) is -2.98. The summed E-state index contributed by atoms with van der Waals surface area (Å²) < 4.78 is 24.0. The Balaban J connectivity index is 1.64. The first-order valence-electron chi connectivity index (χ1n) is 7.96. The molecule has 7 heteroatoms. The Morgan fingerprint density at radius 1 is 1.17 bits per heavy atom. The van der Waals surface area contributed by atoms with Crippen LogP contribution in [-0.2, 0) is 9.84 Å². The fourth-order valence-electron chi connectivity index (χ4n) is 3.19. The molecule has 1 saturated carbocycles. The Hall–Kier alpha value is -1.08. The van der Waals surface area contributed by atoms with E-state index in [1.54, 1.807) is 0 Å². The van der Waals surface area contributed by atoms with Gasteiger partial charge in [-0.3, -0.25) is 0 Å². The van der Waals surface area contributed by atoms with Crippen molar-refractivity contribution in [2.45, 2.75) is 37.8 Å². The van der Waals surface area contributed by atoms with E-state index in [0.29, 0.717) is 12.3 Å². The number of nitrogens with one attached hydrogen (secondary N) is 2. The van der Waals surface area contributed by atoms with Crippen LogP contribution in [0, 0.1) is 5.92 Å². The average molecular weight is 401 g/mol. The van der Waals surface area contributed by atoms with Crippen molar-refractivity contribution in [1.82, 2.24) is 10.6 Å². The Bertz CT molecular complexity index is 671. The average Bonchev–Trinajstić information content (AvgIpc) is 2.76. The number of hydrogen-bond donors (Lipinski definition) is 2. The van der Waals surface area contributed by atoms with Gasteiger partial charge in [-0.15, -0.1) is 0 Å². The molecular formula is C16H21BrN2O3S. The van der Waals surface area contributed by atoms with E-state index < -0.39 is 9.84 Å². The SMILES string of the molecule is O=C(N[C@H]1CCS(=O)(=O)C1)N[C@H](c1ccc(Br)cc1)C1CCC1. The molecule has 0 bridgehead atoms. The molecule has 0 spiro atoms. The van der Waals surface area contributed by atoms with E-state index in [2.05, 4.69) is 26.6 Å². The van der Waals surface area contributed by atoms with Gasteiger partial charge in [0.25, 0.3) is 0 Å². The third-order valence-corrected chi connectivity index (χ3v) is 7.00. The molecule has 0 radical (unpaired) electrons. The lowest BCUT2D eigenvalue weighted by molar-refractivity contribution is 0.206. The maximum Gasteiger partial charge on any atom is 0.315 e. The normalized spacial score (nSPS) is 24.7. The van der Waals surface area contributed by atoms with Gasteiger partial charge in [-0.05, 0) is 42.9 Å². The summed E-state index contributed by atoms with van der Waals surface area (Å²) in [4.78, 5) is 12.3. The van der Waals surface area contributed by atoms with Crippen molar-refractivity contribution in [2.75, 3.05) is 11.5 Å². The van der Waals surface area contributed by atoms with Crippen LogP contribution in [-0.4, -0.2) is 32.0 Å². The van der Waals surface area contributed by atoms with Crippen LogP contribution in [0.2, 0.25) is 0 Å². The van der Waals surface area contributed by atoms with Crippen LogP contribution >= 0.6 is 15.9 Å². The molecule has 2 atom stereocenters. The molecule has 2 N–H and O–H groups in total. The predicted molar refractivity (Wildman–Crippen MR) is 93.0 cm³/mol. The van der Waals surface area contributed by atoms with Crippen LogP contribution in [0.4, 0.5) is 4.79 Å². The number of halogens is 1. The number of benzene rings is 1. The molecular weight excluding hydrogens is 380 g/mol. The summed E-state index contributed by atoms with van der Waals surface area (Å²) in [5, 5.41) is 5.86. The molecule has 1 aromatic carbocycles. The molecule has 1 aromatic rings. The lowest BCUT2D eigenvalue weighted by atomic mass is 9.77. The Kier molecular flexibility index (Phi) is 4.96. The molecule has 2 amide bonds. The second-order valence-corrected chi connectivity index (χ2v) is 9.58. The van der Waals surface area contributed by atoms with Gasteiger partial charge < -0.3 is 10.6 Å². The van der Waals surface area contributed by atoms with E-state index >= 15 is 0 Å². The number of urea groups is 1. The van der Waals surface area contributed by atoms with Crippen molar-refractivity contribution >= 4 is 31.8 Å². The second kappa shape index (κ2) is 6.81. The van der Waals surface area contributed by atoms with E-state index in [1.165, 1.54) is 6.42 Å². The van der Waals surface area contributed by atoms with Gasteiger partial charge in [-0.2, -0.15) is 0 Å². The number of carbonyl (C=O) groups excluding carboxylic acids is 1. The fourth-order valence-corrected chi connectivity index (χ4v) is 5.13. The minimum Gasteiger partial charge on any atom is -0.334 e. The third-order valence-electron chi connectivity index (χ3n) is 4.70. The Labute approximate surface area is 145 Å². The molecule has 3 rings (SSSR count). The molecule has 1 aliphatic heterocycles. The van der Waals surface area contributed by atoms with Crippen LogP contribution in [0.15, 0.2) is 28.7 Å². The molecule has 23 heavy (non-hydrogen) atoms. The van der Waals surface area contributed by atoms with Crippen LogP contribution in [0.5, 0.6) is 0 Å². The highest BCUT2D eigenvalue weighted by Crippen LogP contribution is 2.38. The van der Waals surface area contributed by atoms with E-state index in [1.807, 2.05) is 24.3 Å². The largest absolute Gasteiger partial charge is 0.334 e.